The van der Waals surface area contributed by atoms with E-state index in [2.05, 4.69) is 11.1 Å². The lowest BCUT2D eigenvalue weighted by atomic mass is 9.83. The Morgan fingerprint density at radius 1 is 1.26 bits per heavy atom. The van der Waals surface area contributed by atoms with E-state index in [-0.39, 0.29) is 12.5 Å². The van der Waals surface area contributed by atoms with Crippen molar-refractivity contribution in [3.63, 3.8) is 0 Å². The Hall–Kier alpha value is -4.12. The summed E-state index contributed by atoms with van der Waals surface area (Å²) in [5.74, 6) is 0.474. The van der Waals surface area contributed by atoms with Gasteiger partial charge in [-0.1, -0.05) is 12.1 Å². The molecule has 0 spiro atoms. The molecular formula is C27H27N3O5. The Bertz CT molecular complexity index is 1290. The third-order valence-corrected chi connectivity index (χ3v) is 6.42. The van der Waals surface area contributed by atoms with Gasteiger partial charge in [-0.25, -0.2) is 9.78 Å². The first-order valence-electron chi connectivity index (χ1n) is 11.4. The fourth-order valence-corrected chi connectivity index (χ4v) is 4.25. The second-order valence-electron chi connectivity index (χ2n) is 9.15. The van der Waals surface area contributed by atoms with Gasteiger partial charge in [0.1, 0.15) is 29.9 Å². The number of oxazole rings is 1. The van der Waals surface area contributed by atoms with E-state index in [1.165, 1.54) is 4.90 Å². The topological polar surface area (TPSA) is 117 Å². The van der Waals surface area contributed by atoms with E-state index in [1.54, 1.807) is 50.2 Å². The number of aliphatic carboxylic acids is 1. The first-order valence-corrected chi connectivity index (χ1v) is 11.4. The maximum atomic E-state index is 13.3. The Labute approximate surface area is 203 Å². The fraction of sp³-hybridized carbons (Fsp3) is 0.333. The Morgan fingerprint density at radius 2 is 2.00 bits per heavy atom. The first-order chi connectivity index (χ1) is 16.7. The molecular weight excluding hydrogens is 446 g/mol. The molecule has 0 radical (unpaired) electrons. The molecule has 35 heavy (non-hydrogen) atoms. The molecule has 2 heterocycles. The van der Waals surface area contributed by atoms with Crippen LogP contribution in [0.5, 0.6) is 5.75 Å². The van der Waals surface area contributed by atoms with Crippen LogP contribution in [0, 0.1) is 18.3 Å². The second-order valence-corrected chi connectivity index (χ2v) is 9.15. The average molecular weight is 474 g/mol. The van der Waals surface area contributed by atoms with E-state index < -0.39 is 17.4 Å². The number of rotatable bonds is 7. The number of carbonyl (C=O) groups is 2. The highest BCUT2D eigenvalue weighted by Gasteiger charge is 2.41. The summed E-state index contributed by atoms with van der Waals surface area (Å²) >= 11 is 0. The number of likely N-dealkylation sites (tertiary alicyclic amines) is 1. The summed E-state index contributed by atoms with van der Waals surface area (Å²) in [5.41, 5.74) is 1.80. The molecule has 2 aromatic carbocycles. The minimum Gasteiger partial charge on any atom is -0.487 e. The molecule has 0 aliphatic carbocycles. The summed E-state index contributed by atoms with van der Waals surface area (Å²) < 4.78 is 11.8. The number of ether oxygens (including phenoxy) is 1. The fourth-order valence-electron chi connectivity index (χ4n) is 4.25. The maximum absolute atomic E-state index is 13.3. The molecule has 0 saturated carbocycles. The van der Waals surface area contributed by atoms with Gasteiger partial charge in [-0.3, -0.25) is 4.79 Å². The number of aryl methyl sites for hydroxylation is 1. The maximum Gasteiger partial charge on any atom is 0.326 e. The third kappa shape index (κ3) is 4.90. The van der Waals surface area contributed by atoms with Crippen molar-refractivity contribution in [3.05, 3.63) is 71.1 Å². The Balaban J connectivity index is 1.48. The van der Waals surface area contributed by atoms with Crippen LogP contribution in [-0.2, 0) is 21.6 Å². The summed E-state index contributed by atoms with van der Waals surface area (Å²) in [7, 11) is 0. The predicted molar refractivity (Wildman–Crippen MR) is 128 cm³/mol. The van der Waals surface area contributed by atoms with Crippen molar-refractivity contribution in [2.45, 2.75) is 51.7 Å². The van der Waals surface area contributed by atoms with Crippen LogP contribution >= 0.6 is 0 Å². The lowest BCUT2D eigenvalue weighted by Gasteiger charge is -2.32. The van der Waals surface area contributed by atoms with E-state index in [1.807, 2.05) is 19.1 Å². The van der Waals surface area contributed by atoms with Crippen molar-refractivity contribution in [2.24, 2.45) is 0 Å². The molecule has 180 valence electrons. The van der Waals surface area contributed by atoms with Crippen molar-refractivity contribution in [2.75, 3.05) is 6.54 Å². The molecule has 4 rings (SSSR count). The van der Waals surface area contributed by atoms with Gasteiger partial charge in [0, 0.05) is 12.1 Å². The quantitative estimate of drug-likeness (QED) is 0.539. The van der Waals surface area contributed by atoms with E-state index >= 15 is 0 Å². The normalized spacial score (nSPS) is 15.6. The second kappa shape index (κ2) is 9.63. The first kappa shape index (κ1) is 24.0. The number of carboxylic acid groups (broad SMARTS) is 1. The van der Waals surface area contributed by atoms with Gasteiger partial charge in [-0.2, -0.15) is 5.26 Å². The molecule has 1 atom stereocenters. The molecule has 0 bridgehead atoms. The average Bonchev–Trinajstić information content (AvgIpc) is 3.49. The molecule has 1 aromatic heterocycles. The highest BCUT2D eigenvalue weighted by molar-refractivity contribution is 5.91. The highest BCUT2D eigenvalue weighted by Crippen LogP contribution is 2.32. The molecule has 1 unspecified atom stereocenters. The summed E-state index contributed by atoms with van der Waals surface area (Å²) in [6, 6.07) is 15.6. The number of benzene rings is 2. The van der Waals surface area contributed by atoms with Gasteiger partial charge in [0.25, 0.3) is 0 Å². The van der Waals surface area contributed by atoms with Crippen LogP contribution in [0.1, 0.15) is 49.3 Å². The molecule has 1 amide bonds. The minimum atomic E-state index is -0.966. The zero-order chi connectivity index (χ0) is 25.2. The van der Waals surface area contributed by atoms with Crippen LogP contribution in [0.4, 0.5) is 0 Å². The van der Waals surface area contributed by atoms with Crippen LogP contribution in [-0.4, -0.2) is 39.5 Å². The number of carbonyl (C=O) groups excluding carboxylic acids is 1. The van der Waals surface area contributed by atoms with Crippen LogP contribution in [0.2, 0.25) is 0 Å². The van der Waals surface area contributed by atoms with Crippen molar-refractivity contribution in [1.29, 1.82) is 5.26 Å². The lowest BCUT2D eigenvalue weighted by molar-refractivity contribution is -0.150. The van der Waals surface area contributed by atoms with Crippen molar-refractivity contribution in [3.8, 4) is 23.3 Å². The van der Waals surface area contributed by atoms with Crippen molar-refractivity contribution >= 4 is 11.9 Å². The van der Waals surface area contributed by atoms with Crippen LogP contribution < -0.4 is 4.74 Å². The Morgan fingerprint density at radius 3 is 2.69 bits per heavy atom. The molecule has 1 aliphatic heterocycles. The van der Waals surface area contributed by atoms with Gasteiger partial charge in [0.15, 0.2) is 0 Å². The van der Waals surface area contributed by atoms with Gasteiger partial charge in [0.05, 0.1) is 17.0 Å². The minimum absolute atomic E-state index is 0.177. The SMILES string of the molecule is Cc1oc(-c2ccc(C#N)cc2)nc1COc1cccc(C(C)(C)C(=O)N2CCCC2C(=O)O)c1. The number of amides is 1. The molecule has 3 aromatic rings. The monoisotopic (exact) mass is 473 g/mol. The van der Waals surface area contributed by atoms with Gasteiger partial charge < -0.3 is 19.2 Å². The van der Waals surface area contributed by atoms with Crippen LogP contribution in [0.15, 0.2) is 52.9 Å². The third-order valence-electron chi connectivity index (χ3n) is 6.42. The number of aromatic nitrogens is 1. The molecule has 1 N–H and O–H groups in total. The van der Waals surface area contributed by atoms with Gasteiger partial charge in [-0.05, 0) is 75.6 Å². The van der Waals surface area contributed by atoms with Gasteiger partial charge >= 0.3 is 5.97 Å². The lowest BCUT2D eigenvalue weighted by Crippen LogP contribution is -2.48. The number of nitriles is 1. The molecule has 8 nitrogen and oxygen atoms in total. The highest BCUT2D eigenvalue weighted by atomic mass is 16.5. The summed E-state index contributed by atoms with van der Waals surface area (Å²) in [6.45, 7) is 6.04. The van der Waals surface area contributed by atoms with E-state index in [4.69, 9.17) is 14.4 Å². The van der Waals surface area contributed by atoms with Crippen LogP contribution in [0.25, 0.3) is 11.5 Å². The number of carboxylic acids is 1. The predicted octanol–water partition coefficient (Wildman–Crippen LogP) is 4.45. The van der Waals surface area contributed by atoms with E-state index in [0.717, 1.165) is 11.1 Å². The van der Waals surface area contributed by atoms with Crippen molar-refractivity contribution < 1.29 is 23.8 Å². The van der Waals surface area contributed by atoms with Gasteiger partial charge in [0.2, 0.25) is 11.8 Å². The molecule has 1 saturated heterocycles. The van der Waals surface area contributed by atoms with Gasteiger partial charge in [-0.15, -0.1) is 0 Å². The number of hydrogen-bond acceptors (Lipinski definition) is 6. The molecule has 1 aliphatic rings. The summed E-state index contributed by atoms with van der Waals surface area (Å²) in [6.07, 6.45) is 1.16. The molecule has 1 fully saturated rings. The van der Waals surface area contributed by atoms with Crippen LogP contribution in [0.3, 0.4) is 0 Å². The number of nitrogens with zero attached hydrogens (tertiary/aromatic N) is 3. The standard InChI is InChI=1S/C27H27N3O5/c1-17-22(29-24(35-17)19-11-9-18(15-28)10-12-19)16-34-21-7-4-6-20(14-21)27(2,3)26(33)30-13-5-8-23(30)25(31)32/h4,6-7,9-12,14,23H,5,8,13,16H2,1-3H3,(H,31,32). The summed E-state index contributed by atoms with van der Waals surface area (Å²) in [5, 5.41) is 18.4. The zero-order valence-electron chi connectivity index (χ0n) is 19.9. The van der Waals surface area contributed by atoms with E-state index in [0.29, 0.717) is 48.0 Å². The molecule has 8 heteroatoms. The largest absolute Gasteiger partial charge is 0.487 e. The smallest absolute Gasteiger partial charge is 0.326 e. The van der Waals surface area contributed by atoms with E-state index in [9.17, 15) is 14.7 Å². The summed E-state index contributed by atoms with van der Waals surface area (Å²) in [4.78, 5) is 30.8. The zero-order valence-corrected chi connectivity index (χ0v) is 19.9. The number of hydrogen-bond donors (Lipinski definition) is 1. The van der Waals surface area contributed by atoms with Crippen molar-refractivity contribution in [1.82, 2.24) is 9.88 Å². The Kier molecular flexibility index (Phi) is 6.61.